The number of ether oxygens (including phenoxy) is 2. The van der Waals surface area contributed by atoms with Crippen LogP contribution < -0.4 is 5.32 Å². The van der Waals surface area contributed by atoms with Crippen molar-refractivity contribution in [3.05, 3.63) is 50.9 Å². The zero-order valence-electron chi connectivity index (χ0n) is 18.7. The van der Waals surface area contributed by atoms with E-state index in [0.29, 0.717) is 22.0 Å². The molecule has 31 heavy (non-hydrogen) atoms. The predicted octanol–water partition coefficient (Wildman–Crippen LogP) is 4.85. The van der Waals surface area contributed by atoms with Crippen molar-refractivity contribution in [3.8, 4) is 0 Å². The lowest BCUT2D eigenvalue weighted by Crippen LogP contribution is -2.30. The first-order valence-corrected chi connectivity index (χ1v) is 11.4. The number of benzene rings is 1. The molecule has 3 rings (SSSR count). The zero-order chi connectivity index (χ0) is 22.7. The predicted molar refractivity (Wildman–Crippen MR) is 121 cm³/mol. The molecule has 0 fully saturated rings. The second-order valence-electron chi connectivity index (χ2n) is 8.11. The maximum absolute atomic E-state index is 12.8. The Hall–Kier alpha value is -2.67. The summed E-state index contributed by atoms with van der Waals surface area (Å²) in [5, 5.41) is 3.27. The van der Waals surface area contributed by atoms with Gasteiger partial charge >= 0.3 is 11.9 Å². The molecule has 0 spiro atoms. The Balaban J connectivity index is 1.76. The van der Waals surface area contributed by atoms with Crippen molar-refractivity contribution in [2.45, 2.75) is 60.0 Å². The van der Waals surface area contributed by atoms with E-state index in [1.807, 2.05) is 19.9 Å². The van der Waals surface area contributed by atoms with Gasteiger partial charge in [-0.15, -0.1) is 11.3 Å². The minimum Gasteiger partial charge on any atom is -0.462 e. The van der Waals surface area contributed by atoms with Crippen molar-refractivity contribution in [2.24, 2.45) is 5.92 Å². The summed E-state index contributed by atoms with van der Waals surface area (Å²) < 4.78 is 10.6. The molecule has 1 N–H and O–H groups in total. The number of hydrogen-bond acceptors (Lipinski definition) is 6. The summed E-state index contributed by atoms with van der Waals surface area (Å²) >= 11 is 1.41. The van der Waals surface area contributed by atoms with Gasteiger partial charge in [-0.05, 0) is 81.7 Å². The molecular formula is C24H29NO5S. The second-order valence-corrected chi connectivity index (χ2v) is 9.22. The lowest BCUT2D eigenvalue weighted by molar-refractivity contribution is -0.123. The number of hydrogen-bond donors (Lipinski definition) is 1. The van der Waals surface area contributed by atoms with Crippen molar-refractivity contribution in [1.82, 2.24) is 0 Å². The molecule has 1 amide bonds. The van der Waals surface area contributed by atoms with E-state index in [-0.39, 0.29) is 6.61 Å². The fourth-order valence-corrected chi connectivity index (χ4v) is 5.02. The van der Waals surface area contributed by atoms with Crippen LogP contribution in [0.1, 0.15) is 69.5 Å². The molecular weight excluding hydrogens is 414 g/mol. The highest BCUT2D eigenvalue weighted by Gasteiger charge is 2.30. The number of aryl methyl sites for hydroxylation is 2. The average molecular weight is 444 g/mol. The summed E-state index contributed by atoms with van der Waals surface area (Å²) in [6.07, 6.45) is 1.64. The monoisotopic (exact) mass is 443 g/mol. The van der Waals surface area contributed by atoms with Crippen LogP contribution in [0.15, 0.2) is 18.2 Å². The number of esters is 2. The molecule has 166 valence electrons. The van der Waals surface area contributed by atoms with Crippen molar-refractivity contribution in [1.29, 1.82) is 0 Å². The van der Waals surface area contributed by atoms with E-state index in [1.165, 1.54) is 18.3 Å². The highest BCUT2D eigenvalue weighted by atomic mass is 32.1. The first-order chi connectivity index (χ1) is 14.7. The third-order valence-corrected chi connectivity index (χ3v) is 6.79. The van der Waals surface area contributed by atoms with Crippen LogP contribution in [0.2, 0.25) is 0 Å². The van der Waals surface area contributed by atoms with Crippen LogP contribution in [0, 0.1) is 19.8 Å². The topological polar surface area (TPSA) is 81.7 Å². The van der Waals surface area contributed by atoms with Crippen molar-refractivity contribution >= 4 is 34.2 Å². The maximum Gasteiger partial charge on any atom is 0.341 e. The molecule has 2 unspecified atom stereocenters. The van der Waals surface area contributed by atoms with Crippen molar-refractivity contribution in [3.63, 3.8) is 0 Å². The van der Waals surface area contributed by atoms with Gasteiger partial charge in [0.15, 0.2) is 6.10 Å². The highest BCUT2D eigenvalue weighted by molar-refractivity contribution is 7.17. The van der Waals surface area contributed by atoms with Crippen molar-refractivity contribution < 1.29 is 23.9 Å². The number of thiophene rings is 1. The second kappa shape index (κ2) is 9.64. The Morgan fingerprint density at radius 2 is 1.94 bits per heavy atom. The number of amides is 1. The molecule has 1 aromatic carbocycles. The summed E-state index contributed by atoms with van der Waals surface area (Å²) in [7, 11) is 0. The van der Waals surface area contributed by atoms with E-state index in [9.17, 15) is 14.4 Å². The molecule has 2 atom stereocenters. The van der Waals surface area contributed by atoms with Gasteiger partial charge in [0.2, 0.25) is 0 Å². The number of nitrogens with one attached hydrogen (secondary N) is 1. The van der Waals surface area contributed by atoms with Crippen LogP contribution in [-0.2, 0) is 27.1 Å². The number of carbonyl (C=O) groups excluding carboxylic acids is 3. The quantitative estimate of drug-likeness (QED) is 0.646. The van der Waals surface area contributed by atoms with Gasteiger partial charge in [-0.2, -0.15) is 0 Å². The van der Waals surface area contributed by atoms with Gasteiger partial charge in [-0.3, -0.25) is 4.79 Å². The minimum absolute atomic E-state index is 0.261. The summed E-state index contributed by atoms with van der Waals surface area (Å²) in [5.74, 6) is -0.933. The van der Waals surface area contributed by atoms with Gasteiger partial charge in [0.05, 0.1) is 17.7 Å². The molecule has 0 saturated carbocycles. The summed E-state index contributed by atoms with van der Waals surface area (Å²) in [6.45, 7) is 9.59. The van der Waals surface area contributed by atoms with E-state index < -0.39 is 23.9 Å². The number of carbonyl (C=O) groups is 3. The Morgan fingerprint density at radius 1 is 1.19 bits per heavy atom. The van der Waals surface area contributed by atoms with Gasteiger partial charge < -0.3 is 14.8 Å². The smallest absolute Gasteiger partial charge is 0.341 e. The van der Waals surface area contributed by atoms with Crippen LogP contribution in [0.3, 0.4) is 0 Å². The van der Waals surface area contributed by atoms with Crippen LogP contribution in [0.25, 0.3) is 0 Å². The Kier molecular flexibility index (Phi) is 7.15. The Morgan fingerprint density at radius 3 is 2.61 bits per heavy atom. The molecule has 1 heterocycles. The molecule has 0 saturated heterocycles. The normalized spacial score (nSPS) is 16.2. The lowest BCUT2D eigenvalue weighted by atomic mass is 9.88. The van der Waals surface area contributed by atoms with Crippen molar-refractivity contribution in [2.75, 3.05) is 11.9 Å². The molecule has 0 bridgehead atoms. The number of anilines is 1. The molecule has 6 nitrogen and oxygen atoms in total. The Labute approximate surface area is 186 Å². The molecule has 7 heteroatoms. The average Bonchev–Trinajstić information content (AvgIpc) is 3.06. The van der Waals surface area contributed by atoms with Gasteiger partial charge in [0, 0.05) is 4.88 Å². The van der Waals surface area contributed by atoms with E-state index in [4.69, 9.17) is 9.47 Å². The van der Waals surface area contributed by atoms with Gasteiger partial charge in [0.25, 0.3) is 5.91 Å². The zero-order valence-corrected chi connectivity index (χ0v) is 19.5. The van der Waals surface area contributed by atoms with Crippen LogP contribution in [-0.4, -0.2) is 30.6 Å². The Bertz CT molecular complexity index is 1010. The molecule has 1 aliphatic carbocycles. The molecule has 0 aliphatic heterocycles. The molecule has 2 aromatic rings. The van der Waals surface area contributed by atoms with E-state index >= 15 is 0 Å². The third kappa shape index (κ3) is 5.15. The largest absolute Gasteiger partial charge is 0.462 e. The minimum atomic E-state index is -1.01. The summed E-state index contributed by atoms with van der Waals surface area (Å²) in [6, 6.07) is 5.28. The fourth-order valence-electron chi connectivity index (χ4n) is 3.62. The molecule has 1 aliphatic rings. The van der Waals surface area contributed by atoms with E-state index in [2.05, 4.69) is 12.2 Å². The first kappa shape index (κ1) is 23.0. The maximum atomic E-state index is 12.8. The van der Waals surface area contributed by atoms with Gasteiger partial charge in [0.1, 0.15) is 5.00 Å². The first-order valence-electron chi connectivity index (χ1n) is 10.6. The number of fused-ring (bicyclic) bond motifs is 1. The highest BCUT2D eigenvalue weighted by Crippen LogP contribution is 2.40. The summed E-state index contributed by atoms with van der Waals surface area (Å²) in [4.78, 5) is 38.9. The lowest BCUT2D eigenvalue weighted by Gasteiger charge is -2.18. The standard InChI is InChI=1S/C24H29NO5S/c1-6-29-24(28)20-18-10-7-13(2)11-19(18)31-22(20)25-21(26)16(5)30-23(27)17-9-8-14(3)15(4)12-17/h8-9,12-13,16H,6-7,10-11H2,1-5H3,(H,25,26). The van der Waals surface area contributed by atoms with Crippen LogP contribution in [0.4, 0.5) is 5.00 Å². The summed E-state index contributed by atoms with van der Waals surface area (Å²) in [5.41, 5.74) is 3.86. The molecule has 0 radical (unpaired) electrons. The number of rotatable bonds is 6. The third-order valence-electron chi connectivity index (χ3n) is 5.62. The fraction of sp³-hybridized carbons (Fsp3) is 0.458. The van der Waals surface area contributed by atoms with Crippen LogP contribution >= 0.6 is 11.3 Å². The van der Waals surface area contributed by atoms with Crippen LogP contribution in [0.5, 0.6) is 0 Å². The van der Waals surface area contributed by atoms with E-state index in [1.54, 1.807) is 19.1 Å². The van der Waals surface area contributed by atoms with Gasteiger partial charge in [-0.1, -0.05) is 13.0 Å². The van der Waals surface area contributed by atoms with Gasteiger partial charge in [-0.25, -0.2) is 9.59 Å². The SMILES string of the molecule is CCOC(=O)c1c(NC(=O)C(C)OC(=O)c2ccc(C)c(C)c2)sc2c1CCC(C)C2. The molecule has 1 aromatic heterocycles. The van der Waals surface area contributed by atoms with E-state index in [0.717, 1.165) is 40.8 Å².